The minimum atomic E-state index is -3.99. The van der Waals surface area contributed by atoms with Crippen LogP contribution < -0.4 is 14.2 Å². The number of nitrogens with one attached hydrogen (secondary N) is 1. The van der Waals surface area contributed by atoms with Gasteiger partial charge in [-0.1, -0.05) is 19.1 Å². The summed E-state index contributed by atoms with van der Waals surface area (Å²) in [5.74, 6) is 0.458. The topological polar surface area (TPSA) is 108 Å². The summed E-state index contributed by atoms with van der Waals surface area (Å²) in [4.78, 5) is 17.2. The molecule has 1 aliphatic rings. The van der Waals surface area contributed by atoms with Crippen LogP contribution in [0.2, 0.25) is 0 Å². The molecule has 9 nitrogen and oxygen atoms in total. The Labute approximate surface area is 246 Å². The number of carbonyl (C=O) groups excluding carboxylic acids is 1. The summed E-state index contributed by atoms with van der Waals surface area (Å²) in [7, 11) is -0.362. The van der Waals surface area contributed by atoms with Crippen molar-refractivity contribution in [1.29, 1.82) is 0 Å². The Kier molecular flexibility index (Phi) is 10.1. The van der Waals surface area contributed by atoms with Gasteiger partial charge >= 0.3 is 0 Å². The van der Waals surface area contributed by atoms with Crippen molar-refractivity contribution in [3.63, 3.8) is 0 Å². The van der Waals surface area contributed by atoms with Gasteiger partial charge in [0.1, 0.15) is 23.4 Å². The summed E-state index contributed by atoms with van der Waals surface area (Å²) in [5.41, 5.74) is 1.88. The van der Waals surface area contributed by atoms with Gasteiger partial charge in [0, 0.05) is 36.8 Å². The normalized spacial score (nSPS) is 18.4. The number of ether oxygens (including phenoxy) is 2. The third-order valence-electron chi connectivity index (χ3n) is 7.40. The van der Waals surface area contributed by atoms with Gasteiger partial charge in [0.05, 0.1) is 31.1 Å². The number of aliphatic hydroxyl groups excluding tert-OH is 1. The van der Waals surface area contributed by atoms with Crippen LogP contribution >= 0.6 is 0 Å². The van der Waals surface area contributed by atoms with Gasteiger partial charge in [0.2, 0.25) is 5.91 Å². The summed E-state index contributed by atoms with van der Waals surface area (Å²) < 4.78 is 53.5. The van der Waals surface area contributed by atoms with Crippen LogP contribution in [0.5, 0.6) is 11.5 Å². The summed E-state index contributed by atoms with van der Waals surface area (Å²) in [6.45, 7) is 5.24. The second-order valence-electron chi connectivity index (χ2n) is 10.8. The van der Waals surface area contributed by atoms with Gasteiger partial charge in [-0.2, -0.15) is 0 Å². The lowest BCUT2D eigenvalue weighted by atomic mass is 10.0. The molecule has 1 heterocycles. The molecule has 3 aromatic carbocycles. The van der Waals surface area contributed by atoms with Gasteiger partial charge in [-0.05, 0) is 74.1 Å². The second-order valence-corrected chi connectivity index (χ2v) is 12.5. The number of anilines is 1. The van der Waals surface area contributed by atoms with Crippen LogP contribution in [-0.2, 0) is 27.8 Å². The first kappa shape index (κ1) is 31.3. The highest BCUT2D eigenvalue weighted by molar-refractivity contribution is 7.92. The molecule has 3 atom stereocenters. The Bertz CT molecular complexity index is 1470. The number of likely N-dealkylation sites (N-methyl/N-ethyl adjacent to an activating group) is 1. The lowest BCUT2D eigenvalue weighted by Crippen LogP contribution is -2.47. The van der Waals surface area contributed by atoms with Crippen LogP contribution in [-0.4, -0.2) is 75.2 Å². The van der Waals surface area contributed by atoms with Crippen LogP contribution in [0.1, 0.15) is 25.0 Å². The van der Waals surface area contributed by atoms with Gasteiger partial charge in [-0.25, -0.2) is 12.8 Å². The van der Waals surface area contributed by atoms with E-state index in [1.165, 1.54) is 12.1 Å². The van der Waals surface area contributed by atoms with Crippen molar-refractivity contribution in [3.8, 4) is 11.5 Å². The smallest absolute Gasteiger partial charge is 0.261 e. The molecular weight excluding hydrogens is 561 g/mol. The molecule has 0 aromatic heterocycles. The predicted octanol–water partition coefficient (Wildman–Crippen LogP) is 3.92. The molecule has 0 fully saturated rings. The van der Waals surface area contributed by atoms with Crippen molar-refractivity contribution in [2.24, 2.45) is 5.92 Å². The fraction of sp³-hybridized carbons (Fsp3) is 0.387. The van der Waals surface area contributed by atoms with Crippen LogP contribution in [0.3, 0.4) is 0 Å². The minimum absolute atomic E-state index is 0.0348. The molecule has 0 bridgehead atoms. The standard InChI is InChI=1S/C31H38FN3O6S/c1-21-17-35(22(2)20-36)31(37)16-24-15-26(33-42(38,39)28-12-7-25(32)8-13-28)9-14-29(24)41-30(21)19-34(3)18-23-5-10-27(40-4)11-6-23/h5-15,21-22,30,33,36H,16-20H2,1-4H3/t21-,22+,30-/m1/s1. The van der Waals surface area contributed by atoms with Gasteiger partial charge in [-0.3, -0.25) is 14.4 Å². The lowest BCUT2D eigenvalue weighted by molar-refractivity contribution is -0.134. The lowest BCUT2D eigenvalue weighted by Gasteiger charge is -2.34. The number of nitrogens with zero attached hydrogens (tertiary/aromatic N) is 2. The fourth-order valence-electron chi connectivity index (χ4n) is 4.95. The Balaban J connectivity index is 1.61. The van der Waals surface area contributed by atoms with Crippen molar-refractivity contribution in [2.45, 2.75) is 43.9 Å². The van der Waals surface area contributed by atoms with E-state index >= 15 is 0 Å². The Morgan fingerprint density at radius 1 is 1.14 bits per heavy atom. The van der Waals surface area contributed by atoms with Crippen LogP contribution in [0.15, 0.2) is 71.6 Å². The maximum Gasteiger partial charge on any atom is 0.261 e. The molecule has 0 saturated carbocycles. The second kappa shape index (κ2) is 13.5. The number of hydrogen-bond donors (Lipinski definition) is 2. The minimum Gasteiger partial charge on any atom is -0.497 e. The summed E-state index contributed by atoms with van der Waals surface area (Å²) >= 11 is 0. The molecule has 226 valence electrons. The number of fused-ring (bicyclic) bond motifs is 1. The predicted molar refractivity (Wildman–Crippen MR) is 159 cm³/mol. The number of amides is 1. The quantitative estimate of drug-likeness (QED) is 0.364. The summed E-state index contributed by atoms with van der Waals surface area (Å²) in [6.07, 6.45) is -0.347. The zero-order valence-electron chi connectivity index (χ0n) is 24.3. The van der Waals surface area contributed by atoms with E-state index in [1.54, 1.807) is 37.1 Å². The molecule has 3 aromatic rings. The largest absolute Gasteiger partial charge is 0.497 e. The average molecular weight is 600 g/mol. The number of sulfonamides is 1. The fourth-order valence-corrected chi connectivity index (χ4v) is 6.00. The molecule has 0 aliphatic carbocycles. The highest BCUT2D eigenvalue weighted by Gasteiger charge is 2.31. The van der Waals surface area contributed by atoms with Crippen molar-refractivity contribution in [1.82, 2.24) is 9.80 Å². The molecule has 4 rings (SSSR count). The molecule has 42 heavy (non-hydrogen) atoms. The molecule has 0 spiro atoms. The highest BCUT2D eigenvalue weighted by Crippen LogP contribution is 2.30. The van der Waals surface area contributed by atoms with E-state index in [0.717, 1.165) is 23.4 Å². The van der Waals surface area contributed by atoms with Crippen molar-refractivity contribution < 1.29 is 32.2 Å². The first-order chi connectivity index (χ1) is 20.0. The Hall–Kier alpha value is -3.67. The number of methoxy groups -OCH3 is 1. The van der Waals surface area contributed by atoms with Gasteiger partial charge < -0.3 is 19.5 Å². The zero-order valence-corrected chi connectivity index (χ0v) is 25.1. The van der Waals surface area contributed by atoms with Crippen LogP contribution in [0, 0.1) is 11.7 Å². The highest BCUT2D eigenvalue weighted by atomic mass is 32.2. The number of aliphatic hydroxyl groups is 1. The molecule has 1 aliphatic heterocycles. The molecular formula is C31H38FN3O6S. The van der Waals surface area contributed by atoms with E-state index in [9.17, 15) is 22.7 Å². The van der Waals surface area contributed by atoms with E-state index < -0.39 is 21.9 Å². The summed E-state index contributed by atoms with van der Waals surface area (Å²) in [6, 6.07) is 16.8. The third-order valence-corrected chi connectivity index (χ3v) is 8.79. The van der Waals surface area contributed by atoms with E-state index in [0.29, 0.717) is 30.9 Å². The first-order valence-electron chi connectivity index (χ1n) is 13.8. The number of halogens is 1. The number of benzene rings is 3. The Morgan fingerprint density at radius 2 is 1.83 bits per heavy atom. The first-order valence-corrected chi connectivity index (χ1v) is 15.3. The molecule has 0 saturated heterocycles. The maximum atomic E-state index is 13.5. The third kappa shape index (κ3) is 7.78. The van der Waals surface area contributed by atoms with E-state index in [2.05, 4.69) is 9.62 Å². The van der Waals surface area contributed by atoms with Crippen molar-refractivity contribution in [3.05, 3.63) is 83.7 Å². The van der Waals surface area contributed by atoms with Gasteiger partial charge in [0.25, 0.3) is 10.0 Å². The molecule has 11 heteroatoms. The number of carbonyl (C=O) groups is 1. The monoisotopic (exact) mass is 599 g/mol. The molecule has 0 radical (unpaired) electrons. The zero-order chi connectivity index (χ0) is 30.4. The summed E-state index contributed by atoms with van der Waals surface area (Å²) in [5, 5.41) is 9.89. The van der Waals surface area contributed by atoms with Gasteiger partial charge in [-0.15, -0.1) is 0 Å². The molecule has 0 unspecified atom stereocenters. The van der Waals surface area contributed by atoms with E-state index in [1.807, 2.05) is 38.2 Å². The number of hydrogen-bond acceptors (Lipinski definition) is 7. The molecule has 2 N–H and O–H groups in total. The maximum absolute atomic E-state index is 13.5. The van der Waals surface area contributed by atoms with Crippen molar-refractivity contribution in [2.75, 3.05) is 38.6 Å². The van der Waals surface area contributed by atoms with Crippen LogP contribution in [0.4, 0.5) is 10.1 Å². The van der Waals surface area contributed by atoms with E-state index in [-0.39, 0.29) is 41.5 Å². The Morgan fingerprint density at radius 3 is 2.48 bits per heavy atom. The average Bonchev–Trinajstić information content (AvgIpc) is 3.00. The molecule has 1 amide bonds. The SMILES string of the molecule is COc1ccc(CN(C)C[C@H]2Oc3ccc(NS(=O)(=O)c4ccc(F)cc4)cc3CC(=O)N([C@@H](C)CO)C[C@H]2C)cc1. The van der Waals surface area contributed by atoms with Gasteiger partial charge in [0.15, 0.2) is 0 Å². The van der Waals surface area contributed by atoms with Crippen molar-refractivity contribution >= 4 is 21.6 Å². The van der Waals surface area contributed by atoms with Crippen LogP contribution in [0.25, 0.3) is 0 Å². The van der Waals surface area contributed by atoms with E-state index in [4.69, 9.17) is 9.47 Å². The number of rotatable bonds is 10.